The largest absolute Gasteiger partial charge is 0.346 e. The first-order chi connectivity index (χ1) is 10.2. The number of anilines is 3. The maximum Gasteiger partial charge on any atom is 0.226 e. The zero-order valence-corrected chi connectivity index (χ0v) is 12.6. The molecule has 0 spiro atoms. The van der Waals surface area contributed by atoms with Crippen LogP contribution in [-0.2, 0) is 6.42 Å². The molecule has 0 saturated carbocycles. The molecule has 0 aliphatic carbocycles. The predicted molar refractivity (Wildman–Crippen MR) is 88.7 cm³/mol. The van der Waals surface area contributed by atoms with Gasteiger partial charge in [-0.1, -0.05) is 24.9 Å². The molecule has 0 bridgehead atoms. The molecule has 3 aromatic rings. The highest BCUT2D eigenvalue weighted by Gasteiger charge is 2.20. The van der Waals surface area contributed by atoms with Crippen molar-refractivity contribution in [3.63, 3.8) is 0 Å². The van der Waals surface area contributed by atoms with Crippen molar-refractivity contribution in [1.29, 1.82) is 0 Å². The van der Waals surface area contributed by atoms with Gasteiger partial charge < -0.3 is 14.6 Å². The molecule has 0 fully saturated rings. The summed E-state index contributed by atoms with van der Waals surface area (Å²) in [5.41, 5.74) is 4.06. The highest BCUT2D eigenvalue weighted by molar-refractivity contribution is 7.81. The zero-order chi connectivity index (χ0) is 14.4. The molecule has 3 heterocycles. The lowest BCUT2D eigenvalue weighted by atomic mass is 10.1. The first-order valence-electron chi connectivity index (χ1n) is 6.58. The van der Waals surface area contributed by atoms with Gasteiger partial charge in [0.05, 0.1) is 16.8 Å². The summed E-state index contributed by atoms with van der Waals surface area (Å²) in [6.45, 7) is 0.904. The van der Waals surface area contributed by atoms with Gasteiger partial charge in [-0.3, -0.25) is 0 Å². The Morgan fingerprint density at radius 2 is 2.19 bits per heavy atom. The highest BCUT2D eigenvalue weighted by atomic mass is 35.5. The van der Waals surface area contributed by atoms with Gasteiger partial charge in [0, 0.05) is 12.7 Å². The molecule has 1 aliphatic rings. The molecule has 1 aliphatic heterocycles. The Morgan fingerprint density at radius 3 is 3.10 bits per heavy atom. The minimum absolute atomic E-state index is 0.211. The summed E-state index contributed by atoms with van der Waals surface area (Å²) in [4.78, 5) is 11.5. The molecule has 0 saturated heterocycles. The van der Waals surface area contributed by atoms with Crippen LogP contribution in [0.3, 0.4) is 0 Å². The van der Waals surface area contributed by atoms with Crippen molar-refractivity contribution in [2.45, 2.75) is 6.42 Å². The van der Waals surface area contributed by atoms with Gasteiger partial charge in [0.15, 0.2) is 0 Å². The van der Waals surface area contributed by atoms with E-state index in [2.05, 4.69) is 39.1 Å². The number of halogens is 1. The summed E-state index contributed by atoms with van der Waals surface area (Å²) in [5, 5.41) is 4.47. The fraction of sp³-hybridized carbons (Fsp3) is 0.143. The molecule has 7 heteroatoms. The quantitative estimate of drug-likeness (QED) is 0.499. The molecule has 21 heavy (non-hydrogen) atoms. The van der Waals surface area contributed by atoms with Gasteiger partial charge >= 0.3 is 0 Å². The van der Waals surface area contributed by atoms with Gasteiger partial charge in [-0.15, -0.1) is 0 Å². The number of hydrogen-bond donors (Lipinski definition) is 3. The second kappa shape index (κ2) is 4.82. The van der Waals surface area contributed by atoms with Crippen LogP contribution in [0.25, 0.3) is 11.0 Å². The first kappa shape index (κ1) is 12.8. The lowest BCUT2D eigenvalue weighted by Crippen LogP contribution is -2.07. The summed E-state index contributed by atoms with van der Waals surface area (Å²) in [6, 6.07) is 8.10. The summed E-state index contributed by atoms with van der Waals surface area (Å²) in [5.74, 6) is 0.688. The van der Waals surface area contributed by atoms with E-state index in [0.717, 1.165) is 29.7 Å². The standard InChI is InChI=1S/C14H12ClN5S/c15-14-18-12-9(4-6-16-12)13(19-14)17-10-3-1-2-8-5-7-20(21)11(8)10/h1-4,6,21H,5,7H2,(H2,16,17,18,19). The van der Waals surface area contributed by atoms with Crippen molar-refractivity contribution in [3.05, 3.63) is 41.3 Å². The fourth-order valence-electron chi connectivity index (χ4n) is 2.67. The lowest BCUT2D eigenvalue weighted by molar-refractivity contribution is 1.06. The number of aromatic nitrogens is 3. The number of H-pyrrole nitrogens is 1. The van der Waals surface area contributed by atoms with Gasteiger partial charge in [0.25, 0.3) is 0 Å². The second-order valence-electron chi connectivity index (χ2n) is 4.89. The number of nitrogens with zero attached hydrogens (tertiary/aromatic N) is 3. The summed E-state index contributed by atoms with van der Waals surface area (Å²) in [6.07, 6.45) is 2.82. The van der Waals surface area contributed by atoms with E-state index in [1.54, 1.807) is 0 Å². The molecule has 5 nitrogen and oxygen atoms in total. The fourth-order valence-corrected chi connectivity index (χ4v) is 3.18. The number of hydrogen-bond acceptors (Lipinski definition) is 5. The van der Waals surface area contributed by atoms with Crippen LogP contribution in [0.4, 0.5) is 17.2 Å². The van der Waals surface area contributed by atoms with Crippen LogP contribution < -0.4 is 9.62 Å². The first-order valence-corrected chi connectivity index (χ1v) is 7.36. The zero-order valence-electron chi connectivity index (χ0n) is 11.0. The van der Waals surface area contributed by atoms with Crippen molar-refractivity contribution >= 4 is 52.6 Å². The molecule has 0 amide bonds. The Hall–Kier alpha value is -1.92. The van der Waals surface area contributed by atoms with E-state index in [4.69, 9.17) is 11.6 Å². The van der Waals surface area contributed by atoms with Crippen molar-refractivity contribution in [2.24, 2.45) is 0 Å². The smallest absolute Gasteiger partial charge is 0.226 e. The summed E-state index contributed by atoms with van der Waals surface area (Å²) in [7, 11) is 0. The Kier molecular flexibility index (Phi) is 2.94. The molecule has 0 unspecified atom stereocenters. The number of fused-ring (bicyclic) bond motifs is 2. The van der Waals surface area contributed by atoms with E-state index in [1.165, 1.54) is 5.56 Å². The topological polar surface area (TPSA) is 56.8 Å². The van der Waals surface area contributed by atoms with Crippen molar-refractivity contribution in [2.75, 3.05) is 16.2 Å². The SMILES string of the molecule is SN1CCc2cccc(Nc3nc(Cl)nc4[nH]ccc34)c21. The molecule has 2 aromatic heterocycles. The third-order valence-corrected chi connectivity index (χ3v) is 4.18. The average Bonchev–Trinajstić information content (AvgIpc) is 3.06. The second-order valence-corrected chi connectivity index (χ2v) is 5.71. The molecule has 2 N–H and O–H groups in total. The van der Waals surface area contributed by atoms with Crippen molar-refractivity contribution in [1.82, 2.24) is 15.0 Å². The van der Waals surface area contributed by atoms with E-state index in [9.17, 15) is 0 Å². The highest BCUT2D eigenvalue weighted by Crippen LogP contribution is 2.38. The van der Waals surface area contributed by atoms with Gasteiger partial charge in [-0.25, -0.2) is 0 Å². The van der Waals surface area contributed by atoms with Crippen LogP contribution in [0, 0.1) is 0 Å². The number of thiol groups is 1. The van der Waals surface area contributed by atoms with Crippen LogP contribution in [0.15, 0.2) is 30.5 Å². The van der Waals surface area contributed by atoms with Gasteiger partial charge in [-0.2, -0.15) is 9.97 Å². The monoisotopic (exact) mass is 317 g/mol. The summed E-state index contributed by atoms with van der Waals surface area (Å²) >= 11 is 10.5. The normalized spacial score (nSPS) is 13.7. The van der Waals surface area contributed by atoms with Crippen LogP contribution >= 0.6 is 24.4 Å². The summed E-state index contributed by atoms with van der Waals surface area (Å²) < 4.78 is 1.95. The molecule has 4 rings (SSSR count). The van der Waals surface area contributed by atoms with Crippen LogP contribution in [0.1, 0.15) is 5.56 Å². The van der Waals surface area contributed by atoms with Crippen LogP contribution in [-0.4, -0.2) is 21.5 Å². The van der Waals surface area contributed by atoms with E-state index < -0.39 is 0 Å². The Morgan fingerprint density at radius 1 is 1.29 bits per heavy atom. The molecule has 1 aromatic carbocycles. The molecular weight excluding hydrogens is 306 g/mol. The van der Waals surface area contributed by atoms with Crippen LogP contribution in [0.5, 0.6) is 0 Å². The van der Waals surface area contributed by atoms with Crippen molar-refractivity contribution < 1.29 is 0 Å². The van der Waals surface area contributed by atoms with Gasteiger partial charge in [0.2, 0.25) is 5.28 Å². The maximum absolute atomic E-state index is 5.99. The number of rotatable bonds is 2. The number of para-hydroxylation sites is 1. The minimum atomic E-state index is 0.211. The Balaban J connectivity index is 1.83. The number of aromatic amines is 1. The Labute approximate surface area is 131 Å². The number of benzene rings is 1. The minimum Gasteiger partial charge on any atom is -0.346 e. The molecule has 0 atom stereocenters. The van der Waals surface area contributed by atoms with Crippen molar-refractivity contribution in [3.8, 4) is 0 Å². The van der Waals surface area contributed by atoms with Crippen LogP contribution in [0.2, 0.25) is 5.28 Å². The number of nitrogens with one attached hydrogen (secondary N) is 2. The maximum atomic E-state index is 5.99. The molecule has 0 radical (unpaired) electrons. The third-order valence-electron chi connectivity index (χ3n) is 3.61. The molecule has 106 valence electrons. The van der Waals surface area contributed by atoms with E-state index in [-0.39, 0.29) is 5.28 Å². The van der Waals surface area contributed by atoms with E-state index in [1.807, 2.05) is 28.7 Å². The van der Waals surface area contributed by atoms with Gasteiger partial charge in [0.1, 0.15) is 11.5 Å². The van der Waals surface area contributed by atoms with E-state index >= 15 is 0 Å². The molecular formula is C14H12ClN5S. The lowest BCUT2D eigenvalue weighted by Gasteiger charge is -2.16. The average molecular weight is 318 g/mol. The Bertz CT molecular complexity index is 831. The third kappa shape index (κ3) is 2.11. The van der Waals surface area contributed by atoms with Gasteiger partial charge in [-0.05, 0) is 35.7 Å². The van der Waals surface area contributed by atoms with E-state index in [0.29, 0.717) is 11.5 Å². The predicted octanol–water partition coefficient (Wildman–Crippen LogP) is 3.56.